The van der Waals surface area contributed by atoms with Crippen LogP contribution < -0.4 is 0 Å². The van der Waals surface area contributed by atoms with Crippen molar-refractivity contribution in [1.29, 1.82) is 0 Å². The molecule has 1 unspecified atom stereocenters. The van der Waals surface area contributed by atoms with E-state index in [1.165, 1.54) is 0 Å². The third-order valence-corrected chi connectivity index (χ3v) is 6.46. The van der Waals surface area contributed by atoms with Crippen molar-refractivity contribution < 1.29 is 9.47 Å². The molecular weight excluding hydrogens is 269 g/mol. The zero-order valence-corrected chi connectivity index (χ0v) is 14.2. The van der Waals surface area contributed by atoms with Crippen LogP contribution in [-0.4, -0.2) is 27.9 Å². The second-order valence-corrected chi connectivity index (χ2v) is 7.60. The van der Waals surface area contributed by atoms with Crippen molar-refractivity contribution in [3.05, 3.63) is 60.1 Å². The van der Waals surface area contributed by atoms with Gasteiger partial charge >= 0.3 is 0 Å². The predicted octanol–water partition coefficient (Wildman–Crippen LogP) is 5.13. The van der Waals surface area contributed by atoms with E-state index < -0.39 is 7.05 Å². The molecule has 0 heterocycles. The Bertz CT molecular complexity index is 499. The summed E-state index contributed by atoms with van der Waals surface area (Å²) in [6.45, 7) is 16.1. The fourth-order valence-corrected chi connectivity index (χ4v) is 3.74. The van der Waals surface area contributed by atoms with E-state index in [0.717, 1.165) is 22.8 Å². The molecule has 0 saturated heterocycles. The van der Waals surface area contributed by atoms with Gasteiger partial charge in [-0.15, -0.1) is 0 Å². The molecule has 0 aromatic rings. The largest absolute Gasteiger partial charge is 0.496 e. The molecule has 0 aliphatic rings. The minimum absolute atomic E-state index is 0.675. The summed E-state index contributed by atoms with van der Waals surface area (Å²) in [6, 6.07) is 0. The first-order chi connectivity index (χ1) is 9.42. The van der Waals surface area contributed by atoms with E-state index >= 15 is 0 Å². The minimum atomic E-state index is -2.04. The van der Waals surface area contributed by atoms with E-state index in [1.807, 2.05) is 6.08 Å². The third kappa shape index (κ3) is 4.01. The molecule has 0 fully saturated rings. The van der Waals surface area contributed by atoms with Gasteiger partial charge in [-0.2, -0.15) is 0 Å². The molecule has 0 aliphatic heterocycles. The summed E-state index contributed by atoms with van der Waals surface area (Å²) in [5.41, 5.74) is 0. The number of hydrogen-bond donors (Lipinski definition) is 0. The van der Waals surface area contributed by atoms with Crippen LogP contribution in [0.3, 0.4) is 0 Å². The van der Waals surface area contributed by atoms with Gasteiger partial charge in [-0.3, -0.25) is 4.74 Å². The number of rotatable bonds is 8. The molecule has 0 radical (unpaired) electrons. The summed E-state index contributed by atoms with van der Waals surface area (Å²) in [6.07, 6.45) is 6.34. The zero-order valence-electron chi connectivity index (χ0n) is 13.3. The van der Waals surface area contributed by atoms with Crippen molar-refractivity contribution in [2.75, 3.05) is 27.9 Å². The minimum Gasteiger partial charge on any atom is -0.496 e. The van der Waals surface area contributed by atoms with Crippen molar-refractivity contribution in [3.63, 3.8) is 0 Å². The molecule has 0 bridgehead atoms. The molecule has 0 saturated carbocycles. The van der Waals surface area contributed by atoms with Crippen molar-refractivity contribution >= 4 is 7.05 Å². The summed E-state index contributed by atoms with van der Waals surface area (Å²) < 4.78 is 15.4. The molecule has 3 nitrogen and oxygen atoms in total. The van der Waals surface area contributed by atoms with Crippen LogP contribution >= 0.6 is 7.05 Å². The Kier molecular flexibility index (Phi) is 8.02. The molecule has 0 aromatic heterocycles. The molecule has 0 aliphatic carbocycles. The first kappa shape index (κ1) is 18.5. The first-order valence-electron chi connectivity index (χ1n) is 6.41. The first-order valence-corrected chi connectivity index (χ1v) is 8.60. The van der Waals surface area contributed by atoms with Crippen LogP contribution in [0.2, 0.25) is 0 Å². The Balaban J connectivity index is 5.80. The highest BCUT2D eigenvalue weighted by Gasteiger charge is 2.26. The lowest BCUT2D eigenvalue weighted by Gasteiger charge is -2.26. The van der Waals surface area contributed by atoms with E-state index in [2.05, 4.69) is 38.1 Å². The van der Waals surface area contributed by atoms with E-state index in [4.69, 9.17) is 9.47 Å². The van der Waals surface area contributed by atoms with Gasteiger partial charge in [-0.25, -0.2) is 0 Å². The molecule has 0 rings (SSSR count). The topological polar surface area (TPSA) is 30.8 Å². The number of ether oxygens (including phenoxy) is 2. The molecule has 4 heteroatoms. The second kappa shape index (κ2) is 8.65. The highest BCUT2D eigenvalue weighted by Crippen LogP contribution is 2.63. The lowest BCUT2D eigenvalue weighted by Crippen LogP contribution is -1.99. The lowest BCUT2D eigenvalue weighted by atomic mass is 10.3. The fourth-order valence-electron chi connectivity index (χ4n) is 1.73. The molecule has 0 N–H and O–H groups in total. The molecule has 0 spiro atoms. The Morgan fingerprint density at radius 2 is 1.65 bits per heavy atom. The second-order valence-electron chi connectivity index (χ2n) is 4.20. The summed E-state index contributed by atoms with van der Waals surface area (Å²) in [5.74, 6) is 1.44. The molecule has 20 heavy (non-hydrogen) atoms. The maximum Gasteiger partial charge on any atom is 0.127 e. The predicted molar refractivity (Wildman–Crippen MR) is 90.1 cm³/mol. The number of allylic oxidation sites excluding steroid dienone is 5. The number of hydrogen-bond acceptors (Lipinski definition) is 3. The van der Waals surface area contributed by atoms with Crippen molar-refractivity contribution in [3.8, 4) is 0 Å². The molecule has 112 valence electrons. The van der Waals surface area contributed by atoms with E-state index in [9.17, 15) is 0 Å². The van der Waals surface area contributed by atoms with Gasteiger partial charge < -0.3 is 9.47 Å². The average molecular weight is 295 g/mol. The Labute approximate surface area is 123 Å². The van der Waals surface area contributed by atoms with Crippen LogP contribution in [0, 0.1) is 0 Å². The van der Waals surface area contributed by atoms with Gasteiger partial charge in [0.1, 0.15) is 11.5 Å². The molecule has 0 amide bonds. The zero-order chi connectivity index (χ0) is 15.8. The van der Waals surface area contributed by atoms with Gasteiger partial charge in [0.2, 0.25) is 0 Å². The smallest absolute Gasteiger partial charge is 0.127 e. The van der Waals surface area contributed by atoms with Crippen LogP contribution in [-0.2, 0) is 9.47 Å². The number of nitrogens with zero attached hydrogens (tertiary/aromatic N) is 1. The number of methoxy groups -OCH3 is 2. The normalized spacial score (nSPS) is 15.1. The van der Waals surface area contributed by atoms with Crippen molar-refractivity contribution in [2.45, 2.75) is 13.3 Å². The standard InChI is InChI=1S/C16H26NO2P/c1-9-11-15(18-6)13(3)20(8,17-5)14(4)16(19-7)12-10-2/h9,11-12H,1,3-4,10H2,2,5-8H3/b15-11+,16-12+. The van der Waals surface area contributed by atoms with Crippen LogP contribution in [0.1, 0.15) is 13.3 Å². The van der Waals surface area contributed by atoms with Gasteiger partial charge in [0.05, 0.1) is 14.2 Å². The van der Waals surface area contributed by atoms with Crippen LogP contribution in [0.15, 0.2) is 64.9 Å². The fraction of sp³-hybridized carbons (Fsp3) is 0.375. The van der Waals surface area contributed by atoms with Gasteiger partial charge in [0, 0.05) is 24.7 Å². The van der Waals surface area contributed by atoms with Crippen molar-refractivity contribution in [2.24, 2.45) is 4.74 Å². The van der Waals surface area contributed by atoms with E-state index in [-0.39, 0.29) is 0 Å². The molecule has 1 atom stereocenters. The lowest BCUT2D eigenvalue weighted by molar-refractivity contribution is 0.302. The summed E-state index contributed by atoms with van der Waals surface area (Å²) in [5, 5.41) is 1.69. The highest BCUT2D eigenvalue weighted by molar-refractivity contribution is 7.74. The molecule has 0 aromatic carbocycles. The quantitative estimate of drug-likeness (QED) is 0.353. The monoisotopic (exact) mass is 295 g/mol. The summed E-state index contributed by atoms with van der Waals surface area (Å²) in [4.78, 5) is 0. The van der Waals surface area contributed by atoms with Gasteiger partial charge in [0.25, 0.3) is 0 Å². The Hall–Kier alpha value is -1.47. The van der Waals surface area contributed by atoms with Gasteiger partial charge in [0.15, 0.2) is 0 Å². The van der Waals surface area contributed by atoms with Crippen LogP contribution in [0.25, 0.3) is 0 Å². The summed E-state index contributed by atoms with van der Waals surface area (Å²) in [7, 11) is 3.01. The van der Waals surface area contributed by atoms with Gasteiger partial charge in [-0.05, 0) is 25.2 Å². The SMILES string of the molecule is C=C/C=C(/OC)C(=C)P(C)(=NC)C(=C)/C(=C\CC)OC. The van der Waals surface area contributed by atoms with Crippen LogP contribution in [0.5, 0.6) is 0 Å². The van der Waals surface area contributed by atoms with Gasteiger partial charge in [-0.1, -0.05) is 32.7 Å². The Morgan fingerprint density at radius 3 is 2.00 bits per heavy atom. The average Bonchev–Trinajstić information content (AvgIpc) is 2.47. The molecular formula is C16H26NO2P. The third-order valence-electron chi connectivity index (χ3n) is 3.12. The maximum atomic E-state index is 5.43. The van der Waals surface area contributed by atoms with Crippen molar-refractivity contribution in [1.82, 2.24) is 0 Å². The summed E-state index contributed by atoms with van der Waals surface area (Å²) >= 11 is 0. The van der Waals surface area contributed by atoms with Crippen LogP contribution in [0.4, 0.5) is 0 Å². The maximum absolute atomic E-state index is 5.43. The van der Waals surface area contributed by atoms with E-state index in [1.54, 1.807) is 33.4 Å². The Morgan fingerprint density at radius 1 is 1.15 bits per heavy atom. The highest BCUT2D eigenvalue weighted by atomic mass is 31.2. The van der Waals surface area contributed by atoms with E-state index in [0.29, 0.717) is 5.76 Å².